The van der Waals surface area contributed by atoms with Crippen LogP contribution in [0.1, 0.15) is 33.1 Å². The maximum Gasteiger partial charge on any atom is 0.446 e. The summed E-state index contributed by atoms with van der Waals surface area (Å²) in [5, 5.41) is 0. The average molecular weight is 537 g/mol. The number of halogens is 3. The van der Waals surface area contributed by atoms with Crippen molar-refractivity contribution >= 4 is 23.4 Å². The van der Waals surface area contributed by atoms with Gasteiger partial charge in [-0.1, -0.05) is 24.3 Å². The van der Waals surface area contributed by atoms with E-state index in [4.69, 9.17) is 0 Å². The Morgan fingerprint density at radius 1 is 0.946 bits per heavy atom. The summed E-state index contributed by atoms with van der Waals surface area (Å²) in [6, 6.07) is 6.50. The summed E-state index contributed by atoms with van der Waals surface area (Å²) >= 11 is -0.0977. The van der Waals surface area contributed by atoms with Crippen molar-refractivity contribution in [3.05, 3.63) is 60.3 Å². The average Bonchev–Trinajstić information content (AvgIpc) is 3.13. The molecule has 0 saturated carbocycles. The molecule has 37 heavy (non-hydrogen) atoms. The Hall–Kier alpha value is -2.39. The first kappa shape index (κ1) is 29.2. The lowest BCUT2D eigenvalue weighted by Crippen LogP contribution is -2.45. The summed E-state index contributed by atoms with van der Waals surface area (Å²) in [6.45, 7) is 15.7. The second kappa shape index (κ2) is 14.0. The molecule has 0 atom stereocenters. The quantitative estimate of drug-likeness (QED) is 0.295. The molecule has 9 heteroatoms. The van der Waals surface area contributed by atoms with Crippen LogP contribution < -0.4 is 4.90 Å². The highest BCUT2D eigenvalue weighted by Gasteiger charge is 2.29. The summed E-state index contributed by atoms with van der Waals surface area (Å²) in [6.07, 6.45) is 8.35. The van der Waals surface area contributed by atoms with Gasteiger partial charge in [0.25, 0.3) is 0 Å². The molecule has 0 unspecified atom stereocenters. The largest absolute Gasteiger partial charge is 0.446 e. The number of thioether (sulfide) groups is 1. The molecule has 5 nitrogen and oxygen atoms in total. The summed E-state index contributed by atoms with van der Waals surface area (Å²) < 4.78 is 37.7. The molecule has 2 aliphatic heterocycles. The fourth-order valence-electron chi connectivity index (χ4n) is 4.65. The summed E-state index contributed by atoms with van der Waals surface area (Å²) in [4.78, 5) is 22.0. The first-order valence-electron chi connectivity index (χ1n) is 13.0. The fourth-order valence-corrected chi connectivity index (χ4v) is 5.18. The maximum absolute atomic E-state index is 12.9. The van der Waals surface area contributed by atoms with Gasteiger partial charge in [-0.3, -0.25) is 9.69 Å². The molecule has 0 radical (unpaired) electrons. The van der Waals surface area contributed by atoms with Gasteiger partial charge in [0.15, 0.2) is 0 Å². The van der Waals surface area contributed by atoms with Crippen LogP contribution in [-0.4, -0.2) is 85.0 Å². The molecule has 2 aliphatic rings. The van der Waals surface area contributed by atoms with Crippen molar-refractivity contribution in [1.82, 2.24) is 14.7 Å². The third-order valence-corrected chi connectivity index (χ3v) is 7.67. The van der Waals surface area contributed by atoms with Crippen molar-refractivity contribution in [1.29, 1.82) is 0 Å². The number of nitrogens with zero attached hydrogens (tertiary/aromatic N) is 4. The van der Waals surface area contributed by atoms with E-state index in [0.717, 1.165) is 69.9 Å². The highest BCUT2D eigenvalue weighted by molar-refractivity contribution is 8.00. The molecule has 0 bridgehead atoms. The van der Waals surface area contributed by atoms with Gasteiger partial charge in [-0.2, -0.15) is 13.2 Å². The number of amides is 1. The van der Waals surface area contributed by atoms with Gasteiger partial charge in [0.1, 0.15) is 0 Å². The summed E-state index contributed by atoms with van der Waals surface area (Å²) in [5.74, 6) is 0.195. The zero-order valence-corrected chi connectivity index (χ0v) is 22.8. The number of carbonyl (C=O) groups is 1. The van der Waals surface area contributed by atoms with Crippen LogP contribution in [0.2, 0.25) is 0 Å². The molecule has 0 aliphatic carbocycles. The number of carbonyl (C=O) groups excluding carboxylic acids is 1. The van der Waals surface area contributed by atoms with Crippen LogP contribution >= 0.6 is 11.8 Å². The van der Waals surface area contributed by atoms with Crippen LogP contribution in [0.15, 0.2) is 65.2 Å². The second-order valence-corrected chi connectivity index (χ2v) is 10.8. The van der Waals surface area contributed by atoms with E-state index in [1.807, 2.05) is 17.9 Å². The first-order valence-corrected chi connectivity index (χ1v) is 13.8. The molecule has 3 rings (SSSR count). The molecule has 2 heterocycles. The van der Waals surface area contributed by atoms with Gasteiger partial charge >= 0.3 is 5.51 Å². The number of alkyl halides is 3. The molecule has 2 saturated heterocycles. The lowest BCUT2D eigenvalue weighted by molar-refractivity contribution is -0.131. The van der Waals surface area contributed by atoms with E-state index in [0.29, 0.717) is 19.5 Å². The van der Waals surface area contributed by atoms with Gasteiger partial charge in [0.05, 0.1) is 0 Å². The van der Waals surface area contributed by atoms with Crippen molar-refractivity contribution < 1.29 is 18.0 Å². The van der Waals surface area contributed by atoms with Gasteiger partial charge in [-0.25, -0.2) is 0 Å². The van der Waals surface area contributed by atoms with Crippen molar-refractivity contribution in [2.24, 2.45) is 0 Å². The minimum atomic E-state index is -4.28. The monoisotopic (exact) mass is 536 g/mol. The Labute approximate surface area is 223 Å². The van der Waals surface area contributed by atoms with E-state index >= 15 is 0 Å². The Morgan fingerprint density at radius 3 is 2.27 bits per heavy atom. The lowest BCUT2D eigenvalue weighted by Gasteiger charge is -2.36. The molecule has 0 N–H and O–H groups in total. The number of anilines is 1. The van der Waals surface area contributed by atoms with Crippen LogP contribution in [0.3, 0.4) is 0 Å². The van der Waals surface area contributed by atoms with Gasteiger partial charge in [-0.05, 0) is 75.3 Å². The van der Waals surface area contributed by atoms with E-state index in [1.54, 1.807) is 12.1 Å². The molecular weight excluding hydrogens is 497 g/mol. The van der Waals surface area contributed by atoms with Crippen molar-refractivity contribution in [2.45, 2.75) is 43.5 Å². The van der Waals surface area contributed by atoms with E-state index in [2.05, 4.69) is 40.4 Å². The number of hydrogen-bond donors (Lipinski definition) is 0. The zero-order chi connectivity index (χ0) is 26.8. The summed E-state index contributed by atoms with van der Waals surface area (Å²) in [5.41, 5.74) is -0.963. The van der Waals surface area contributed by atoms with Gasteiger partial charge < -0.3 is 14.7 Å². The molecular formula is C28H39F3N4OS. The minimum absolute atomic E-state index is 0.0977. The molecule has 0 spiro atoms. The lowest BCUT2D eigenvalue weighted by atomic mass is 10.2. The topological polar surface area (TPSA) is 30.0 Å². The van der Waals surface area contributed by atoms with Crippen LogP contribution in [0.4, 0.5) is 18.9 Å². The Kier molecular flexibility index (Phi) is 11.0. The number of rotatable bonds is 9. The molecule has 1 amide bonds. The molecule has 0 aromatic heterocycles. The standard InChI is InChI=1S/C28H39F3N4OS/c1-4-23(2)8-9-24(3)33-19-17-32(18-20-33)14-5-7-27(36)35-16-6-15-34(21-22-35)25-10-12-26(13-11-25)37-28(29,30)31/h4,8-13H,1,5-7,14-22H2,2-3H3/b23-8-,24-9+. The van der Waals surface area contributed by atoms with E-state index in [1.165, 1.54) is 17.8 Å². The molecule has 204 valence electrons. The predicted octanol–water partition coefficient (Wildman–Crippen LogP) is 5.77. The fraction of sp³-hybridized carbons (Fsp3) is 0.536. The van der Waals surface area contributed by atoms with E-state index in [9.17, 15) is 18.0 Å². The first-order chi connectivity index (χ1) is 17.6. The van der Waals surface area contributed by atoms with Crippen LogP contribution in [-0.2, 0) is 4.79 Å². The Balaban J connectivity index is 1.37. The summed E-state index contributed by atoms with van der Waals surface area (Å²) in [7, 11) is 0. The third kappa shape index (κ3) is 9.78. The predicted molar refractivity (Wildman–Crippen MR) is 147 cm³/mol. The van der Waals surface area contributed by atoms with E-state index in [-0.39, 0.29) is 22.6 Å². The minimum Gasteiger partial charge on any atom is -0.372 e. The zero-order valence-electron chi connectivity index (χ0n) is 22.0. The molecule has 1 aromatic carbocycles. The number of hydrogen-bond acceptors (Lipinski definition) is 5. The molecule has 1 aromatic rings. The maximum atomic E-state index is 12.9. The van der Waals surface area contributed by atoms with Crippen molar-refractivity contribution in [2.75, 3.05) is 63.8 Å². The highest BCUT2D eigenvalue weighted by atomic mass is 32.2. The Morgan fingerprint density at radius 2 is 1.62 bits per heavy atom. The van der Waals surface area contributed by atoms with Crippen molar-refractivity contribution in [3.8, 4) is 0 Å². The van der Waals surface area contributed by atoms with Crippen molar-refractivity contribution in [3.63, 3.8) is 0 Å². The van der Waals surface area contributed by atoms with Crippen LogP contribution in [0, 0.1) is 0 Å². The Bertz CT molecular complexity index is 953. The van der Waals surface area contributed by atoms with Gasteiger partial charge in [-0.15, -0.1) is 0 Å². The van der Waals surface area contributed by atoms with Crippen LogP contribution in [0.5, 0.6) is 0 Å². The second-order valence-electron chi connectivity index (χ2n) is 9.62. The van der Waals surface area contributed by atoms with Gasteiger partial charge in [0, 0.05) is 75.1 Å². The van der Waals surface area contributed by atoms with Gasteiger partial charge in [0.2, 0.25) is 5.91 Å². The number of piperazine rings is 1. The normalized spacial score (nSPS) is 18.7. The number of allylic oxidation sites excluding steroid dienone is 5. The SMILES string of the molecule is C=C/C(C)=C\C=C(/C)N1CCN(CCCC(=O)N2CCCN(c3ccc(SC(F)(F)F)cc3)CC2)CC1. The number of benzene rings is 1. The smallest absolute Gasteiger partial charge is 0.372 e. The third-order valence-electron chi connectivity index (χ3n) is 6.93. The molecule has 2 fully saturated rings. The highest BCUT2D eigenvalue weighted by Crippen LogP contribution is 2.37. The van der Waals surface area contributed by atoms with E-state index < -0.39 is 5.51 Å². The van der Waals surface area contributed by atoms with Crippen LogP contribution in [0.25, 0.3) is 0 Å².